The van der Waals surface area contributed by atoms with E-state index >= 15 is 0 Å². The van der Waals surface area contributed by atoms with Crippen LogP contribution in [0.2, 0.25) is 0 Å². The summed E-state index contributed by atoms with van der Waals surface area (Å²) in [6, 6.07) is 12.3. The Hall–Kier alpha value is -3.30. The van der Waals surface area contributed by atoms with Crippen LogP contribution in [0.3, 0.4) is 0 Å². The van der Waals surface area contributed by atoms with Crippen LogP contribution in [0.25, 0.3) is 16.2 Å². The Balaban J connectivity index is 1.64. The summed E-state index contributed by atoms with van der Waals surface area (Å²) < 4.78 is 35.9. The van der Waals surface area contributed by atoms with Gasteiger partial charge in [-0.3, -0.25) is 9.20 Å². The number of nitrogens with one attached hydrogen (secondary N) is 1. The number of nitrogens with two attached hydrogens (primary N) is 1. The van der Waals surface area contributed by atoms with Crippen LogP contribution in [0.5, 0.6) is 5.75 Å². The first-order valence-electron chi connectivity index (χ1n) is 11.2. The summed E-state index contributed by atoms with van der Waals surface area (Å²) in [7, 11) is 0. The van der Waals surface area contributed by atoms with Crippen LogP contribution in [0.1, 0.15) is 66.6 Å². The zero-order valence-electron chi connectivity index (χ0n) is 20.0. The van der Waals surface area contributed by atoms with Crippen molar-refractivity contribution in [3.8, 4) is 16.3 Å². The van der Waals surface area contributed by atoms with Crippen LogP contribution < -0.4 is 15.8 Å². The molecular weight excluding hydrogens is 470 g/mol. The Bertz CT molecular complexity index is 1360. The number of fused-ring (bicyclic) bond motifs is 1. The predicted octanol–water partition coefficient (Wildman–Crippen LogP) is 6.13. The molecule has 3 heterocycles. The third kappa shape index (κ3) is 5.52. The maximum atomic E-state index is 14.0. The number of rotatable bonds is 8. The third-order valence-corrected chi connectivity index (χ3v) is 6.70. The number of benzene rings is 1. The molecule has 0 fully saturated rings. The average Bonchev–Trinajstić information content (AvgIpc) is 3.41. The van der Waals surface area contributed by atoms with Crippen LogP contribution in [-0.4, -0.2) is 20.8 Å². The molecule has 0 saturated heterocycles. The van der Waals surface area contributed by atoms with E-state index in [-0.39, 0.29) is 21.7 Å². The Morgan fingerprint density at radius 3 is 2.66 bits per heavy atom. The van der Waals surface area contributed by atoms with Crippen LogP contribution in [0, 0.1) is 0 Å². The van der Waals surface area contributed by atoms with Gasteiger partial charge in [-0.15, -0.1) is 11.3 Å². The number of halogens is 2. The van der Waals surface area contributed by atoms with E-state index in [1.165, 1.54) is 17.4 Å². The van der Waals surface area contributed by atoms with Crippen LogP contribution >= 0.6 is 11.3 Å². The van der Waals surface area contributed by atoms with E-state index in [1.807, 2.05) is 55.6 Å². The molecule has 3 aromatic heterocycles. The van der Waals surface area contributed by atoms with Crippen molar-refractivity contribution < 1.29 is 18.3 Å². The van der Waals surface area contributed by atoms with E-state index in [0.29, 0.717) is 12.1 Å². The van der Waals surface area contributed by atoms with Crippen LogP contribution in [0.15, 0.2) is 54.9 Å². The first-order valence-corrected chi connectivity index (χ1v) is 12.0. The lowest BCUT2D eigenvalue weighted by Crippen LogP contribution is -2.35. The predicted molar refractivity (Wildman–Crippen MR) is 134 cm³/mol. The maximum Gasteiger partial charge on any atom is 0.264 e. The van der Waals surface area contributed by atoms with Gasteiger partial charge in [0, 0.05) is 35.5 Å². The van der Waals surface area contributed by atoms with Crippen molar-refractivity contribution in [3.63, 3.8) is 0 Å². The van der Waals surface area contributed by atoms with Crippen LogP contribution in [-0.2, 0) is 6.54 Å². The molecule has 0 bridgehead atoms. The average molecular weight is 499 g/mol. The lowest BCUT2D eigenvalue weighted by Gasteiger charge is -2.22. The molecule has 1 aromatic carbocycles. The molecule has 35 heavy (non-hydrogen) atoms. The van der Waals surface area contributed by atoms with Crippen LogP contribution in [0.4, 0.5) is 8.78 Å². The van der Waals surface area contributed by atoms with E-state index in [2.05, 4.69) is 10.3 Å². The van der Waals surface area contributed by atoms with Gasteiger partial charge in [0.2, 0.25) is 0 Å². The Kier molecular flexibility index (Phi) is 6.91. The van der Waals surface area contributed by atoms with E-state index in [0.717, 1.165) is 21.8 Å². The number of imidazole rings is 1. The lowest BCUT2D eigenvalue weighted by atomic mass is 9.99. The molecule has 6 nitrogen and oxygen atoms in total. The molecule has 0 radical (unpaired) electrons. The number of primary amides is 1. The summed E-state index contributed by atoms with van der Waals surface area (Å²) in [4.78, 5) is 17.5. The van der Waals surface area contributed by atoms with Crippen molar-refractivity contribution >= 4 is 22.9 Å². The van der Waals surface area contributed by atoms with Gasteiger partial charge in [0.25, 0.3) is 12.3 Å². The molecule has 0 aliphatic carbocycles. The number of amides is 1. The maximum absolute atomic E-state index is 14.0. The monoisotopic (exact) mass is 498 g/mol. The molecule has 4 aromatic rings. The Labute approximate surface area is 206 Å². The standard InChI is InChI=1S/C26H28F2N4O2S/c1-15(17-9-8-16(11-18(17)24(27)28)13-31-26(2,3)4)34-20-12-21(35-23(20)25(29)33)19-14-30-22-7-5-6-10-32(19)22/h5-12,14-15,24,31H,13H2,1-4H3,(H2,29,33). The second kappa shape index (κ2) is 9.75. The number of alkyl halides is 2. The number of pyridine rings is 1. The molecule has 0 aliphatic rings. The van der Waals surface area contributed by atoms with Gasteiger partial charge in [0.05, 0.1) is 16.8 Å². The van der Waals surface area contributed by atoms with Crippen molar-refractivity contribution in [3.05, 3.63) is 76.4 Å². The number of thiophene rings is 1. The lowest BCUT2D eigenvalue weighted by molar-refractivity contribution is 0.0997. The van der Waals surface area contributed by atoms with E-state index < -0.39 is 18.4 Å². The summed E-state index contributed by atoms with van der Waals surface area (Å²) in [5.41, 5.74) is 8.04. The molecule has 1 atom stereocenters. The molecule has 184 valence electrons. The van der Waals surface area contributed by atoms with Crippen molar-refractivity contribution in [2.24, 2.45) is 5.73 Å². The van der Waals surface area contributed by atoms with Gasteiger partial charge in [-0.1, -0.05) is 18.2 Å². The fourth-order valence-electron chi connectivity index (χ4n) is 3.79. The highest BCUT2D eigenvalue weighted by molar-refractivity contribution is 7.17. The summed E-state index contributed by atoms with van der Waals surface area (Å²) in [6.07, 6.45) is 0.178. The SMILES string of the molecule is CC(Oc1cc(-c2cnc3ccccn23)sc1C(N)=O)c1ccc(CNC(C)(C)C)cc1C(F)F. The first-order chi connectivity index (χ1) is 16.5. The van der Waals surface area contributed by atoms with Gasteiger partial charge < -0.3 is 15.8 Å². The minimum Gasteiger partial charge on any atom is -0.484 e. The molecule has 0 aliphatic heterocycles. The quantitative estimate of drug-likeness (QED) is 0.306. The van der Waals surface area contributed by atoms with Gasteiger partial charge in [-0.25, -0.2) is 13.8 Å². The molecule has 0 spiro atoms. The summed E-state index contributed by atoms with van der Waals surface area (Å²) in [5, 5.41) is 3.31. The van der Waals surface area contributed by atoms with Gasteiger partial charge in [-0.2, -0.15) is 0 Å². The van der Waals surface area contributed by atoms with Crippen molar-refractivity contribution in [2.45, 2.75) is 52.3 Å². The summed E-state index contributed by atoms with van der Waals surface area (Å²) in [6.45, 7) is 8.21. The van der Waals surface area contributed by atoms with Crippen molar-refractivity contribution in [1.29, 1.82) is 0 Å². The van der Waals surface area contributed by atoms with Gasteiger partial charge in [-0.05, 0) is 51.5 Å². The molecule has 3 N–H and O–H groups in total. The third-order valence-electron chi connectivity index (χ3n) is 5.54. The second-order valence-corrected chi connectivity index (χ2v) is 10.4. The molecule has 1 amide bonds. The number of aromatic nitrogens is 2. The largest absolute Gasteiger partial charge is 0.484 e. The number of carbonyl (C=O) groups is 1. The number of ether oxygens (including phenoxy) is 1. The minimum absolute atomic E-state index is 0.0939. The second-order valence-electron chi connectivity index (χ2n) is 9.37. The van der Waals surface area contributed by atoms with Crippen molar-refractivity contribution in [1.82, 2.24) is 14.7 Å². The summed E-state index contributed by atoms with van der Waals surface area (Å²) in [5.74, 6) is -0.385. The zero-order chi connectivity index (χ0) is 25.3. The van der Waals surface area contributed by atoms with Gasteiger partial charge in [0.1, 0.15) is 22.4 Å². The highest BCUT2D eigenvalue weighted by atomic mass is 32.1. The highest BCUT2D eigenvalue weighted by Crippen LogP contribution is 2.39. The number of carbonyl (C=O) groups excluding carboxylic acids is 1. The zero-order valence-corrected chi connectivity index (χ0v) is 20.8. The Morgan fingerprint density at radius 1 is 1.20 bits per heavy atom. The highest BCUT2D eigenvalue weighted by Gasteiger charge is 2.24. The fourth-order valence-corrected chi connectivity index (χ4v) is 4.74. The topological polar surface area (TPSA) is 81.7 Å². The van der Waals surface area contributed by atoms with Gasteiger partial charge in [0.15, 0.2) is 0 Å². The minimum atomic E-state index is -2.67. The number of hydrogen-bond donors (Lipinski definition) is 2. The number of hydrogen-bond acceptors (Lipinski definition) is 5. The molecule has 1 unspecified atom stereocenters. The number of nitrogens with zero attached hydrogens (tertiary/aromatic N) is 2. The van der Waals surface area contributed by atoms with Crippen molar-refractivity contribution in [2.75, 3.05) is 0 Å². The normalized spacial score (nSPS) is 12.9. The molecule has 9 heteroatoms. The van der Waals surface area contributed by atoms with Gasteiger partial charge >= 0.3 is 0 Å². The fraction of sp³-hybridized carbons (Fsp3) is 0.308. The van der Waals surface area contributed by atoms with E-state index in [9.17, 15) is 13.6 Å². The van der Waals surface area contributed by atoms with E-state index in [4.69, 9.17) is 10.5 Å². The van der Waals surface area contributed by atoms with E-state index in [1.54, 1.807) is 25.3 Å². The molecule has 0 saturated carbocycles. The molecule has 4 rings (SSSR count). The smallest absolute Gasteiger partial charge is 0.264 e. The Morgan fingerprint density at radius 2 is 1.97 bits per heavy atom. The first kappa shape index (κ1) is 24.8. The summed E-state index contributed by atoms with van der Waals surface area (Å²) >= 11 is 1.18. The molecular formula is C26H28F2N4O2S.